The maximum Gasteiger partial charge on any atom is 0.319 e. The first-order valence-corrected chi connectivity index (χ1v) is 11.6. The Hall–Kier alpha value is -2.77. The van der Waals surface area contributed by atoms with Gasteiger partial charge in [0, 0.05) is 37.8 Å². The fraction of sp³-hybridized carbons (Fsp3) is 0.625. The van der Waals surface area contributed by atoms with E-state index in [0.717, 1.165) is 18.6 Å². The highest BCUT2D eigenvalue weighted by molar-refractivity contribution is 5.94. The van der Waals surface area contributed by atoms with Crippen molar-refractivity contribution in [2.75, 3.05) is 31.6 Å². The van der Waals surface area contributed by atoms with Gasteiger partial charge in [0.05, 0.1) is 6.61 Å². The zero-order valence-electron chi connectivity index (χ0n) is 20.0. The van der Waals surface area contributed by atoms with Gasteiger partial charge in [-0.05, 0) is 50.5 Å². The van der Waals surface area contributed by atoms with Crippen LogP contribution in [-0.2, 0) is 9.59 Å². The third kappa shape index (κ3) is 7.14. The van der Waals surface area contributed by atoms with Crippen molar-refractivity contribution in [2.45, 2.75) is 66.0 Å². The lowest BCUT2D eigenvalue weighted by Gasteiger charge is -2.41. The number of piperazine rings is 1. The Labute approximate surface area is 191 Å². The number of nitrogens with one attached hydrogen (secondary N) is 2. The van der Waals surface area contributed by atoms with Crippen LogP contribution in [0.15, 0.2) is 24.3 Å². The van der Waals surface area contributed by atoms with Gasteiger partial charge in [-0.3, -0.25) is 9.59 Å². The minimum atomic E-state index is -0.646. The van der Waals surface area contributed by atoms with E-state index < -0.39 is 12.1 Å². The molecule has 1 aliphatic rings. The van der Waals surface area contributed by atoms with E-state index in [9.17, 15) is 14.4 Å². The van der Waals surface area contributed by atoms with Gasteiger partial charge < -0.3 is 25.2 Å². The van der Waals surface area contributed by atoms with Gasteiger partial charge >= 0.3 is 6.03 Å². The molecule has 4 amide bonds. The highest BCUT2D eigenvalue weighted by atomic mass is 16.5. The van der Waals surface area contributed by atoms with Gasteiger partial charge in [-0.25, -0.2) is 4.79 Å². The molecule has 1 heterocycles. The van der Waals surface area contributed by atoms with Crippen LogP contribution < -0.4 is 15.4 Å². The van der Waals surface area contributed by atoms with E-state index >= 15 is 0 Å². The standard InChI is InChI=1S/C24H38N4O4/c1-6-8-9-21(29)28-15-14-27(16-18(28)5)23(30)22(17(3)4)26-24(31)25-19-10-12-20(13-11-19)32-7-2/h10-13,17-18,22H,6-9,14-16H2,1-5H3,(H2,25,26,31). The fourth-order valence-corrected chi connectivity index (χ4v) is 3.82. The molecule has 0 aliphatic carbocycles. The van der Waals surface area contributed by atoms with E-state index in [4.69, 9.17) is 4.74 Å². The van der Waals surface area contributed by atoms with E-state index in [1.54, 1.807) is 29.2 Å². The second-order valence-corrected chi connectivity index (χ2v) is 8.60. The normalized spacial score (nSPS) is 17.1. The van der Waals surface area contributed by atoms with Crippen molar-refractivity contribution in [3.63, 3.8) is 0 Å². The maximum absolute atomic E-state index is 13.2. The Kier molecular flexibility index (Phi) is 9.81. The molecule has 1 aromatic rings. The first kappa shape index (κ1) is 25.5. The largest absolute Gasteiger partial charge is 0.494 e. The summed E-state index contributed by atoms with van der Waals surface area (Å²) in [6.45, 7) is 11.8. The molecule has 2 unspecified atom stereocenters. The van der Waals surface area contributed by atoms with E-state index in [1.165, 1.54) is 0 Å². The number of carbonyl (C=O) groups is 3. The fourth-order valence-electron chi connectivity index (χ4n) is 3.82. The number of hydrogen-bond donors (Lipinski definition) is 2. The lowest BCUT2D eigenvalue weighted by Crippen LogP contribution is -2.60. The van der Waals surface area contributed by atoms with Crippen LogP contribution in [0.4, 0.5) is 10.5 Å². The van der Waals surface area contributed by atoms with Crippen LogP contribution in [0.2, 0.25) is 0 Å². The number of carbonyl (C=O) groups excluding carboxylic acids is 3. The Morgan fingerprint density at radius 1 is 1.12 bits per heavy atom. The van der Waals surface area contributed by atoms with Gasteiger partial charge in [-0.1, -0.05) is 27.2 Å². The molecule has 0 bridgehead atoms. The summed E-state index contributed by atoms with van der Waals surface area (Å²) in [5.74, 6) is 0.692. The molecule has 0 saturated carbocycles. The monoisotopic (exact) mass is 446 g/mol. The number of nitrogens with zero attached hydrogens (tertiary/aromatic N) is 2. The Balaban J connectivity index is 1.94. The molecule has 1 aromatic carbocycles. The van der Waals surface area contributed by atoms with Crippen molar-refractivity contribution in [1.29, 1.82) is 0 Å². The zero-order valence-corrected chi connectivity index (χ0v) is 20.0. The van der Waals surface area contributed by atoms with Crippen LogP contribution in [0.1, 0.15) is 53.9 Å². The highest BCUT2D eigenvalue weighted by Gasteiger charge is 2.34. The van der Waals surface area contributed by atoms with Gasteiger partial charge in [0.15, 0.2) is 0 Å². The predicted molar refractivity (Wildman–Crippen MR) is 126 cm³/mol. The predicted octanol–water partition coefficient (Wildman–Crippen LogP) is 3.48. The third-order valence-corrected chi connectivity index (χ3v) is 5.65. The van der Waals surface area contributed by atoms with Gasteiger partial charge in [0.1, 0.15) is 11.8 Å². The van der Waals surface area contributed by atoms with Crippen LogP contribution in [0.25, 0.3) is 0 Å². The molecule has 8 nitrogen and oxygen atoms in total. The molecule has 0 spiro atoms. The summed E-state index contributed by atoms with van der Waals surface area (Å²) in [5, 5.41) is 5.60. The van der Waals surface area contributed by atoms with Crippen LogP contribution in [0.5, 0.6) is 5.75 Å². The van der Waals surface area contributed by atoms with Crippen molar-refractivity contribution in [2.24, 2.45) is 5.92 Å². The second kappa shape index (κ2) is 12.3. The summed E-state index contributed by atoms with van der Waals surface area (Å²) >= 11 is 0. The molecule has 178 valence electrons. The van der Waals surface area contributed by atoms with Gasteiger partial charge in [0.2, 0.25) is 11.8 Å². The molecular weight excluding hydrogens is 408 g/mol. The number of hydrogen-bond acceptors (Lipinski definition) is 4. The number of unbranched alkanes of at least 4 members (excludes halogenated alkanes) is 1. The quantitative estimate of drug-likeness (QED) is 0.608. The van der Waals surface area contributed by atoms with Crippen molar-refractivity contribution in [3.8, 4) is 5.75 Å². The summed E-state index contributed by atoms with van der Waals surface area (Å²) in [6.07, 6.45) is 2.42. The molecular formula is C24H38N4O4. The van der Waals surface area contributed by atoms with E-state index in [-0.39, 0.29) is 23.8 Å². The number of benzene rings is 1. The summed E-state index contributed by atoms with van der Waals surface area (Å²) < 4.78 is 5.41. The van der Waals surface area contributed by atoms with Crippen molar-refractivity contribution >= 4 is 23.5 Å². The third-order valence-electron chi connectivity index (χ3n) is 5.65. The Bertz CT molecular complexity index is 766. The molecule has 8 heteroatoms. The number of anilines is 1. The van der Waals surface area contributed by atoms with Crippen LogP contribution in [0, 0.1) is 5.92 Å². The van der Waals surface area contributed by atoms with Gasteiger partial charge in [-0.2, -0.15) is 0 Å². The average Bonchev–Trinajstić information content (AvgIpc) is 2.76. The first-order valence-electron chi connectivity index (χ1n) is 11.6. The van der Waals surface area contributed by atoms with Crippen LogP contribution in [-0.4, -0.2) is 66.0 Å². The molecule has 32 heavy (non-hydrogen) atoms. The Morgan fingerprint density at radius 2 is 1.81 bits per heavy atom. The molecule has 2 atom stereocenters. The van der Waals surface area contributed by atoms with Crippen molar-refractivity contribution < 1.29 is 19.1 Å². The van der Waals surface area contributed by atoms with Crippen LogP contribution in [0.3, 0.4) is 0 Å². The molecule has 1 saturated heterocycles. The number of rotatable bonds is 9. The summed E-state index contributed by atoms with van der Waals surface area (Å²) in [5.41, 5.74) is 0.619. The summed E-state index contributed by atoms with van der Waals surface area (Å²) in [7, 11) is 0. The average molecular weight is 447 g/mol. The zero-order chi connectivity index (χ0) is 23.7. The topological polar surface area (TPSA) is 91.0 Å². The lowest BCUT2D eigenvalue weighted by molar-refractivity contribution is -0.144. The summed E-state index contributed by atoms with van der Waals surface area (Å²) in [6, 6.07) is 5.97. The lowest BCUT2D eigenvalue weighted by atomic mass is 10.0. The minimum Gasteiger partial charge on any atom is -0.494 e. The number of ether oxygens (including phenoxy) is 1. The van der Waals surface area contributed by atoms with Crippen LogP contribution >= 0.6 is 0 Å². The number of urea groups is 1. The van der Waals surface area contributed by atoms with E-state index in [0.29, 0.717) is 38.3 Å². The van der Waals surface area contributed by atoms with Gasteiger partial charge in [-0.15, -0.1) is 0 Å². The molecule has 1 fully saturated rings. The SMILES string of the molecule is CCCCC(=O)N1CCN(C(=O)C(NC(=O)Nc2ccc(OCC)cc2)C(C)C)CC1C. The Morgan fingerprint density at radius 3 is 2.38 bits per heavy atom. The van der Waals surface area contributed by atoms with E-state index in [2.05, 4.69) is 17.6 Å². The highest BCUT2D eigenvalue weighted by Crippen LogP contribution is 2.17. The molecule has 0 radical (unpaired) electrons. The maximum atomic E-state index is 13.2. The molecule has 0 aromatic heterocycles. The van der Waals surface area contributed by atoms with Crippen molar-refractivity contribution in [3.05, 3.63) is 24.3 Å². The van der Waals surface area contributed by atoms with Gasteiger partial charge in [0.25, 0.3) is 0 Å². The second-order valence-electron chi connectivity index (χ2n) is 8.60. The smallest absolute Gasteiger partial charge is 0.319 e. The van der Waals surface area contributed by atoms with E-state index in [1.807, 2.05) is 32.6 Å². The van der Waals surface area contributed by atoms with Crippen molar-refractivity contribution in [1.82, 2.24) is 15.1 Å². The molecule has 2 rings (SSSR count). The summed E-state index contributed by atoms with van der Waals surface area (Å²) in [4.78, 5) is 41.8. The molecule has 1 aliphatic heterocycles. The molecule has 2 N–H and O–H groups in total. The number of amides is 4. The first-order chi connectivity index (χ1) is 15.3. The minimum absolute atomic E-state index is 0.0393.